The molecular formula is C16H15Cl2FN2O. The molecule has 1 fully saturated rings. The quantitative estimate of drug-likeness (QED) is 0.786. The topological polar surface area (TPSA) is 25.4 Å². The molecule has 6 heteroatoms. The van der Waals surface area contributed by atoms with E-state index in [0.29, 0.717) is 23.7 Å². The first-order valence-corrected chi connectivity index (χ1v) is 7.76. The highest BCUT2D eigenvalue weighted by molar-refractivity contribution is 6.35. The number of aromatic nitrogens is 1. The average molecular weight is 341 g/mol. The lowest BCUT2D eigenvalue weighted by molar-refractivity contribution is -0.0330. The summed E-state index contributed by atoms with van der Waals surface area (Å²) in [6, 6.07) is 6.77. The fourth-order valence-corrected chi connectivity index (χ4v) is 3.07. The number of ether oxygens (including phenoxy) is 1. The molecule has 3 rings (SSSR count). The second-order valence-corrected chi connectivity index (χ2v) is 6.05. The summed E-state index contributed by atoms with van der Waals surface area (Å²) in [5, 5.41) is 0.459. The molecule has 0 aliphatic carbocycles. The molecule has 1 aromatic carbocycles. The van der Waals surface area contributed by atoms with Crippen LogP contribution in [-0.2, 0) is 11.3 Å². The maximum Gasteiger partial charge on any atom is 0.142 e. The molecular weight excluding hydrogens is 326 g/mol. The molecule has 0 spiro atoms. The van der Waals surface area contributed by atoms with Crippen molar-refractivity contribution in [1.82, 2.24) is 9.88 Å². The molecule has 2 heterocycles. The zero-order valence-electron chi connectivity index (χ0n) is 11.8. The van der Waals surface area contributed by atoms with Gasteiger partial charge in [0.2, 0.25) is 0 Å². The van der Waals surface area contributed by atoms with E-state index < -0.39 is 5.82 Å². The molecule has 0 N–H and O–H groups in total. The Kier molecular flexibility index (Phi) is 4.93. The van der Waals surface area contributed by atoms with Gasteiger partial charge in [-0.05, 0) is 29.8 Å². The maximum atomic E-state index is 13.7. The summed E-state index contributed by atoms with van der Waals surface area (Å²) in [5.41, 5.74) is 1.83. The second kappa shape index (κ2) is 6.92. The van der Waals surface area contributed by atoms with E-state index in [0.717, 1.165) is 13.1 Å². The van der Waals surface area contributed by atoms with E-state index in [1.807, 2.05) is 12.1 Å². The molecule has 1 aromatic heterocycles. The summed E-state index contributed by atoms with van der Waals surface area (Å²) in [6.07, 6.45) is 3.30. The average Bonchev–Trinajstić information content (AvgIpc) is 2.52. The van der Waals surface area contributed by atoms with Crippen molar-refractivity contribution in [2.45, 2.75) is 12.6 Å². The lowest BCUT2D eigenvalue weighted by Crippen LogP contribution is -2.37. The molecule has 22 heavy (non-hydrogen) atoms. The zero-order chi connectivity index (χ0) is 15.5. The predicted molar refractivity (Wildman–Crippen MR) is 84.6 cm³/mol. The number of nitrogens with zero attached hydrogens (tertiary/aromatic N) is 2. The van der Waals surface area contributed by atoms with Crippen molar-refractivity contribution in [3.05, 3.63) is 63.6 Å². The van der Waals surface area contributed by atoms with Crippen molar-refractivity contribution in [3.63, 3.8) is 0 Å². The number of pyridine rings is 1. The minimum atomic E-state index is -0.476. The molecule has 2 aromatic rings. The van der Waals surface area contributed by atoms with E-state index in [1.165, 1.54) is 17.7 Å². The number of halogens is 3. The van der Waals surface area contributed by atoms with Crippen LogP contribution in [0.1, 0.15) is 17.2 Å². The molecule has 0 radical (unpaired) electrons. The van der Waals surface area contributed by atoms with Crippen LogP contribution in [0, 0.1) is 5.82 Å². The summed E-state index contributed by atoms with van der Waals surface area (Å²) >= 11 is 11.9. The Bertz CT molecular complexity index is 654. The van der Waals surface area contributed by atoms with E-state index in [-0.39, 0.29) is 11.1 Å². The molecule has 0 amide bonds. The Morgan fingerprint density at radius 1 is 1.23 bits per heavy atom. The lowest BCUT2D eigenvalue weighted by Gasteiger charge is -2.33. The Balaban J connectivity index is 1.74. The monoisotopic (exact) mass is 340 g/mol. The lowest BCUT2D eigenvalue weighted by atomic mass is 10.1. The van der Waals surface area contributed by atoms with Crippen LogP contribution < -0.4 is 0 Å². The van der Waals surface area contributed by atoms with Crippen LogP contribution >= 0.6 is 23.2 Å². The van der Waals surface area contributed by atoms with Gasteiger partial charge in [-0.3, -0.25) is 9.88 Å². The number of benzene rings is 1. The van der Waals surface area contributed by atoms with Gasteiger partial charge in [0.05, 0.1) is 17.7 Å². The van der Waals surface area contributed by atoms with Gasteiger partial charge < -0.3 is 4.74 Å². The first-order chi connectivity index (χ1) is 10.6. The van der Waals surface area contributed by atoms with Crippen molar-refractivity contribution < 1.29 is 9.13 Å². The van der Waals surface area contributed by atoms with Gasteiger partial charge in [-0.25, -0.2) is 4.39 Å². The number of rotatable bonds is 3. The number of morpholine rings is 1. The van der Waals surface area contributed by atoms with E-state index >= 15 is 0 Å². The fraction of sp³-hybridized carbons (Fsp3) is 0.312. The molecule has 1 unspecified atom stereocenters. The fourth-order valence-electron chi connectivity index (χ4n) is 2.57. The summed E-state index contributed by atoms with van der Waals surface area (Å²) in [5.74, 6) is -0.476. The molecule has 0 saturated carbocycles. The summed E-state index contributed by atoms with van der Waals surface area (Å²) in [4.78, 5) is 6.27. The summed E-state index contributed by atoms with van der Waals surface area (Å²) in [7, 11) is 0. The molecule has 3 nitrogen and oxygen atoms in total. The molecule has 1 aliphatic rings. The van der Waals surface area contributed by atoms with Gasteiger partial charge in [0, 0.05) is 42.6 Å². The largest absolute Gasteiger partial charge is 0.371 e. The SMILES string of the molecule is Fc1cc(C2CN(Cc3ccncc3)CCO2)c(Cl)cc1Cl. The highest BCUT2D eigenvalue weighted by Crippen LogP contribution is 2.32. The van der Waals surface area contributed by atoms with Crippen LogP contribution in [-0.4, -0.2) is 29.6 Å². The van der Waals surface area contributed by atoms with Crippen LogP contribution in [0.2, 0.25) is 10.0 Å². The van der Waals surface area contributed by atoms with Crippen molar-refractivity contribution >= 4 is 23.2 Å². The smallest absolute Gasteiger partial charge is 0.142 e. The Morgan fingerprint density at radius 2 is 2.00 bits per heavy atom. The Hall–Kier alpha value is -1.20. The van der Waals surface area contributed by atoms with Gasteiger partial charge >= 0.3 is 0 Å². The molecule has 1 saturated heterocycles. The van der Waals surface area contributed by atoms with Crippen molar-refractivity contribution in [2.24, 2.45) is 0 Å². The molecule has 0 bridgehead atoms. The van der Waals surface area contributed by atoms with Crippen molar-refractivity contribution in [3.8, 4) is 0 Å². The molecule has 1 atom stereocenters. The van der Waals surface area contributed by atoms with Crippen LogP contribution in [0.25, 0.3) is 0 Å². The summed E-state index contributed by atoms with van der Waals surface area (Å²) in [6.45, 7) is 2.86. The zero-order valence-corrected chi connectivity index (χ0v) is 13.3. The van der Waals surface area contributed by atoms with Gasteiger partial charge in [0.15, 0.2) is 0 Å². The van der Waals surface area contributed by atoms with Gasteiger partial charge in [-0.1, -0.05) is 23.2 Å². The Labute approximate surface area is 138 Å². The van der Waals surface area contributed by atoms with Crippen LogP contribution in [0.15, 0.2) is 36.7 Å². The van der Waals surface area contributed by atoms with E-state index in [4.69, 9.17) is 27.9 Å². The van der Waals surface area contributed by atoms with Gasteiger partial charge in [-0.2, -0.15) is 0 Å². The molecule has 116 valence electrons. The van der Waals surface area contributed by atoms with Crippen LogP contribution in [0.3, 0.4) is 0 Å². The molecule has 1 aliphatic heterocycles. The minimum absolute atomic E-state index is 0.0261. The number of hydrogen-bond acceptors (Lipinski definition) is 3. The van der Waals surface area contributed by atoms with Crippen molar-refractivity contribution in [1.29, 1.82) is 0 Å². The van der Waals surface area contributed by atoms with Crippen LogP contribution in [0.5, 0.6) is 0 Å². The van der Waals surface area contributed by atoms with E-state index in [2.05, 4.69) is 9.88 Å². The second-order valence-electron chi connectivity index (χ2n) is 5.24. The number of hydrogen-bond donors (Lipinski definition) is 0. The highest BCUT2D eigenvalue weighted by Gasteiger charge is 2.25. The third-order valence-electron chi connectivity index (χ3n) is 3.69. The van der Waals surface area contributed by atoms with Crippen LogP contribution in [0.4, 0.5) is 4.39 Å². The standard InChI is InChI=1S/C16H15Cl2FN2O/c17-13-8-14(18)15(19)7-12(13)16-10-21(5-6-22-16)9-11-1-3-20-4-2-11/h1-4,7-8,16H,5-6,9-10H2. The first-order valence-electron chi connectivity index (χ1n) is 7.01. The minimum Gasteiger partial charge on any atom is -0.371 e. The highest BCUT2D eigenvalue weighted by atomic mass is 35.5. The van der Waals surface area contributed by atoms with Gasteiger partial charge in [-0.15, -0.1) is 0 Å². The van der Waals surface area contributed by atoms with E-state index in [9.17, 15) is 4.39 Å². The first kappa shape index (κ1) is 15.7. The predicted octanol–water partition coefficient (Wildman–Crippen LogP) is 4.10. The van der Waals surface area contributed by atoms with Crippen molar-refractivity contribution in [2.75, 3.05) is 19.7 Å². The maximum absolute atomic E-state index is 13.7. The third kappa shape index (κ3) is 3.58. The third-order valence-corrected chi connectivity index (χ3v) is 4.31. The van der Waals surface area contributed by atoms with E-state index in [1.54, 1.807) is 12.4 Å². The normalized spacial score (nSPS) is 19.3. The van der Waals surface area contributed by atoms with Gasteiger partial charge in [0.1, 0.15) is 5.82 Å². The van der Waals surface area contributed by atoms with Gasteiger partial charge in [0.25, 0.3) is 0 Å². The summed E-state index contributed by atoms with van der Waals surface area (Å²) < 4.78 is 19.5. The Morgan fingerprint density at radius 3 is 2.77 bits per heavy atom.